The van der Waals surface area contributed by atoms with Crippen LogP contribution in [0.3, 0.4) is 0 Å². The summed E-state index contributed by atoms with van der Waals surface area (Å²) in [5, 5.41) is 0. The third kappa shape index (κ3) is 3.98. The molecule has 25 heavy (non-hydrogen) atoms. The van der Waals surface area contributed by atoms with Crippen molar-refractivity contribution in [2.45, 2.75) is 44.9 Å². The maximum absolute atomic E-state index is 12.8. The van der Waals surface area contributed by atoms with Gasteiger partial charge in [-0.25, -0.2) is 8.42 Å². The summed E-state index contributed by atoms with van der Waals surface area (Å²) >= 11 is 0. The van der Waals surface area contributed by atoms with Gasteiger partial charge in [0, 0.05) is 24.5 Å². The van der Waals surface area contributed by atoms with Crippen molar-refractivity contribution in [3.8, 4) is 0 Å². The van der Waals surface area contributed by atoms with Crippen molar-refractivity contribution >= 4 is 21.4 Å². The molecular weight excluding hydrogens is 332 g/mol. The van der Waals surface area contributed by atoms with Crippen LogP contribution in [0.1, 0.15) is 36.0 Å². The summed E-state index contributed by atoms with van der Waals surface area (Å²) in [6.45, 7) is 7.81. The highest BCUT2D eigenvalue weighted by atomic mass is 32.2. The molecule has 1 saturated heterocycles. The second-order valence-corrected chi connectivity index (χ2v) is 8.55. The van der Waals surface area contributed by atoms with Crippen LogP contribution in [-0.2, 0) is 10.0 Å². The molecule has 0 aromatic heterocycles. The molecule has 0 aliphatic carbocycles. The smallest absolute Gasteiger partial charge is 0.262 e. The van der Waals surface area contributed by atoms with E-state index in [1.807, 2.05) is 57.2 Å². The number of benzene rings is 2. The van der Waals surface area contributed by atoms with Gasteiger partial charge in [0.1, 0.15) is 0 Å². The first kappa shape index (κ1) is 17.8. The Hall–Kier alpha value is -2.01. The fourth-order valence-corrected chi connectivity index (χ4v) is 5.20. The van der Waals surface area contributed by atoms with Crippen LogP contribution < -0.4 is 9.62 Å². The van der Waals surface area contributed by atoms with Gasteiger partial charge in [-0.1, -0.05) is 17.7 Å². The second kappa shape index (κ2) is 7.08. The van der Waals surface area contributed by atoms with E-state index < -0.39 is 10.0 Å². The molecule has 5 heteroatoms. The number of nitrogens with one attached hydrogen (secondary N) is 1. The van der Waals surface area contributed by atoms with E-state index in [9.17, 15) is 8.42 Å². The minimum Gasteiger partial charge on any atom is -0.372 e. The van der Waals surface area contributed by atoms with Crippen LogP contribution in [0, 0.1) is 20.8 Å². The number of sulfonamides is 1. The first-order chi connectivity index (χ1) is 11.9. The molecule has 1 N–H and O–H groups in total. The molecule has 0 unspecified atom stereocenters. The van der Waals surface area contributed by atoms with Gasteiger partial charge in [-0.2, -0.15) is 0 Å². The highest BCUT2D eigenvalue weighted by Gasteiger charge is 2.20. The van der Waals surface area contributed by atoms with E-state index in [0.29, 0.717) is 10.6 Å². The lowest BCUT2D eigenvalue weighted by Crippen LogP contribution is -2.29. The van der Waals surface area contributed by atoms with Gasteiger partial charge < -0.3 is 4.90 Å². The number of rotatable bonds is 4. The third-order valence-electron chi connectivity index (χ3n) is 4.71. The molecule has 0 bridgehead atoms. The predicted octanol–water partition coefficient (Wildman–Crippen LogP) is 4.40. The molecule has 1 aliphatic rings. The van der Waals surface area contributed by atoms with Crippen molar-refractivity contribution in [2.75, 3.05) is 22.7 Å². The zero-order valence-corrected chi connectivity index (χ0v) is 16.0. The molecule has 0 atom stereocenters. The van der Waals surface area contributed by atoms with Gasteiger partial charge in [0.15, 0.2) is 0 Å². The zero-order valence-electron chi connectivity index (χ0n) is 15.2. The Bertz CT molecular complexity index is 829. The molecule has 1 aliphatic heterocycles. The van der Waals surface area contributed by atoms with Gasteiger partial charge in [0.25, 0.3) is 10.0 Å². The second-order valence-electron chi connectivity index (χ2n) is 6.93. The Labute approximate surface area is 150 Å². The van der Waals surface area contributed by atoms with Gasteiger partial charge in [0.05, 0.1) is 4.90 Å². The van der Waals surface area contributed by atoms with Gasteiger partial charge in [-0.3, -0.25) is 4.72 Å². The average Bonchev–Trinajstić information content (AvgIpc) is 2.54. The van der Waals surface area contributed by atoms with Crippen LogP contribution >= 0.6 is 0 Å². The number of nitrogens with zero attached hydrogens (tertiary/aromatic N) is 1. The van der Waals surface area contributed by atoms with Crippen molar-refractivity contribution < 1.29 is 8.42 Å². The lowest BCUT2D eigenvalue weighted by molar-refractivity contribution is 0.578. The number of anilines is 2. The van der Waals surface area contributed by atoms with Crippen molar-refractivity contribution in [3.63, 3.8) is 0 Å². The monoisotopic (exact) mass is 358 g/mol. The molecule has 2 aromatic rings. The molecule has 4 nitrogen and oxygen atoms in total. The number of hydrogen-bond acceptors (Lipinski definition) is 3. The molecular formula is C20H26N2O2S. The summed E-state index contributed by atoms with van der Waals surface area (Å²) in [4.78, 5) is 2.73. The Morgan fingerprint density at radius 3 is 2.00 bits per heavy atom. The summed E-state index contributed by atoms with van der Waals surface area (Å²) in [5.74, 6) is 0. The summed E-state index contributed by atoms with van der Waals surface area (Å²) in [7, 11) is -3.59. The van der Waals surface area contributed by atoms with E-state index in [0.717, 1.165) is 35.5 Å². The minimum atomic E-state index is -3.59. The van der Waals surface area contributed by atoms with E-state index in [2.05, 4.69) is 9.62 Å². The van der Waals surface area contributed by atoms with Crippen LogP contribution in [0.25, 0.3) is 0 Å². The van der Waals surface area contributed by atoms with Crippen LogP contribution in [0.5, 0.6) is 0 Å². The van der Waals surface area contributed by atoms with E-state index in [4.69, 9.17) is 0 Å². The maximum Gasteiger partial charge on any atom is 0.262 e. The highest BCUT2D eigenvalue weighted by molar-refractivity contribution is 7.92. The lowest BCUT2D eigenvalue weighted by atomic mass is 10.1. The van der Waals surface area contributed by atoms with Gasteiger partial charge >= 0.3 is 0 Å². The Kier molecular flexibility index (Phi) is 5.04. The van der Waals surface area contributed by atoms with Gasteiger partial charge in [-0.05, 0) is 75.4 Å². The number of aryl methyl sites for hydroxylation is 3. The quantitative estimate of drug-likeness (QED) is 0.881. The Morgan fingerprint density at radius 1 is 0.880 bits per heavy atom. The number of piperidine rings is 1. The van der Waals surface area contributed by atoms with Gasteiger partial charge in [0.2, 0.25) is 0 Å². The molecule has 0 saturated carbocycles. The normalized spacial score (nSPS) is 15.2. The molecule has 2 aromatic carbocycles. The largest absolute Gasteiger partial charge is 0.372 e. The average molecular weight is 359 g/mol. The fourth-order valence-electron chi connectivity index (χ4n) is 3.69. The Balaban J connectivity index is 1.82. The minimum absolute atomic E-state index is 0.373. The molecule has 1 heterocycles. The predicted molar refractivity (Wildman–Crippen MR) is 104 cm³/mol. The van der Waals surface area contributed by atoms with Crippen LogP contribution in [0.4, 0.5) is 11.4 Å². The van der Waals surface area contributed by atoms with Crippen molar-refractivity contribution in [1.29, 1.82) is 0 Å². The lowest BCUT2D eigenvalue weighted by Gasteiger charge is -2.28. The SMILES string of the molecule is Cc1cc(C)c(S(=O)(=O)Nc2ccc(N3CCCCC3)cc2)c(C)c1. The van der Waals surface area contributed by atoms with Crippen molar-refractivity contribution in [2.24, 2.45) is 0 Å². The van der Waals surface area contributed by atoms with Crippen LogP contribution in [-0.4, -0.2) is 21.5 Å². The molecule has 3 rings (SSSR count). The first-order valence-electron chi connectivity index (χ1n) is 8.82. The van der Waals surface area contributed by atoms with E-state index in [1.54, 1.807) is 0 Å². The highest BCUT2D eigenvalue weighted by Crippen LogP contribution is 2.26. The third-order valence-corrected chi connectivity index (χ3v) is 6.40. The summed E-state index contributed by atoms with van der Waals surface area (Å²) in [6.07, 6.45) is 3.74. The van der Waals surface area contributed by atoms with E-state index >= 15 is 0 Å². The molecule has 0 spiro atoms. The van der Waals surface area contributed by atoms with E-state index in [1.165, 1.54) is 19.3 Å². The topological polar surface area (TPSA) is 49.4 Å². The van der Waals surface area contributed by atoms with Gasteiger partial charge in [-0.15, -0.1) is 0 Å². The van der Waals surface area contributed by atoms with Crippen molar-refractivity contribution in [3.05, 3.63) is 53.1 Å². The van der Waals surface area contributed by atoms with Crippen LogP contribution in [0.2, 0.25) is 0 Å². The molecule has 1 fully saturated rings. The number of hydrogen-bond donors (Lipinski definition) is 1. The fraction of sp³-hybridized carbons (Fsp3) is 0.400. The van der Waals surface area contributed by atoms with E-state index in [-0.39, 0.29) is 0 Å². The van der Waals surface area contributed by atoms with Crippen LogP contribution in [0.15, 0.2) is 41.3 Å². The molecule has 0 amide bonds. The standard InChI is InChI=1S/C20H26N2O2S/c1-15-13-16(2)20(17(3)14-15)25(23,24)21-18-7-9-19(10-8-18)22-11-5-4-6-12-22/h7-10,13-14,21H,4-6,11-12H2,1-3H3. The Morgan fingerprint density at radius 2 is 1.44 bits per heavy atom. The summed E-state index contributed by atoms with van der Waals surface area (Å²) < 4.78 is 28.4. The summed E-state index contributed by atoms with van der Waals surface area (Å²) in [5.41, 5.74) is 4.37. The maximum atomic E-state index is 12.8. The van der Waals surface area contributed by atoms with Crippen molar-refractivity contribution in [1.82, 2.24) is 0 Å². The zero-order chi connectivity index (χ0) is 18.0. The molecule has 0 radical (unpaired) electrons. The first-order valence-corrected chi connectivity index (χ1v) is 10.3. The molecule has 134 valence electrons. The summed E-state index contributed by atoms with van der Waals surface area (Å²) in [6, 6.07) is 11.5.